The van der Waals surface area contributed by atoms with Crippen LogP contribution in [0.2, 0.25) is 0 Å². The Morgan fingerprint density at radius 2 is 1.90 bits per heavy atom. The van der Waals surface area contributed by atoms with Gasteiger partial charge in [0.25, 0.3) is 5.69 Å². The number of para-hydroxylation sites is 2. The Bertz CT molecular complexity index is 780. The predicted molar refractivity (Wildman–Crippen MR) is 77.8 cm³/mol. The third-order valence-corrected chi connectivity index (χ3v) is 3.39. The fourth-order valence-corrected chi connectivity index (χ4v) is 2.27. The fraction of sp³-hybridized carbons (Fsp3) is 0.133. The highest BCUT2D eigenvalue weighted by Crippen LogP contribution is 2.21. The molecule has 1 aromatic heterocycles. The molecule has 2 aromatic carbocycles. The summed E-state index contributed by atoms with van der Waals surface area (Å²) in [7, 11) is 0. The summed E-state index contributed by atoms with van der Waals surface area (Å²) in [6.07, 6.45) is 0.933. The maximum absolute atomic E-state index is 10.6. The van der Waals surface area contributed by atoms with E-state index in [4.69, 9.17) is 0 Å². The molecule has 21 heavy (non-hydrogen) atoms. The largest absolute Gasteiger partial charge is 0.387 e. The van der Waals surface area contributed by atoms with Gasteiger partial charge >= 0.3 is 0 Å². The highest BCUT2D eigenvalue weighted by molar-refractivity contribution is 5.74. The summed E-state index contributed by atoms with van der Waals surface area (Å²) in [5.74, 6) is 0. The van der Waals surface area contributed by atoms with Crippen LogP contribution < -0.4 is 0 Å². The number of fused-ring (bicyclic) bond motifs is 1. The van der Waals surface area contributed by atoms with Crippen molar-refractivity contribution in [2.75, 3.05) is 0 Å². The summed E-state index contributed by atoms with van der Waals surface area (Å²) in [4.78, 5) is 14.4. The smallest absolute Gasteiger partial charge is 0.269 e. The number of hydrogen-bond donors (Lipinski definition) is 1. The molecular weight excluding hydrogens is 270 g/mol. The van der Waals surface area contributed by atoms with Crippen molar-refractivity contribution in [2.45, 2.75) is 12.6 Å². The third kappa shape index (κ3) is 2.61. The number of aliphatic hydroxyl groups excluding tert-OH is 1. The molecular formula is C15H13N3O3. The lowest BCUT2D eigenvalue weighted by Crippen LogP contribution is -2.07. The second kappa shape index (κ2) is 5.34. The average molecular weight is 283 g/mol. The lowest BCUT2D eigenvalue weighted by Gasteiger charge is -2.12. The molecule has 0 radical (unpaired) electrons. The number of hydrogen-bond acceptors (Lipinski definition) is 4. The molecule has 6 heteroatoms. The van der Waals surface area contributed by atoms with Crippen molar-refractivity contribution < 1.29 is 10.0 Å². The van der Waals surface area contributed by atoms with E-state index in [2.05, 4.69) is 4.98 Å². The summed E-state index contributed by atoms with van der Waals surface area (Å²) in [5.41, 5.74) is 2.46. The van der Waals surface area contributed by atoms with Crippen molar-refractivity contribution in [2.24, 2.45) is 0 Å². The van der Waals surface area contributed by atoms with Crippen LogP contribution >= 0.6 is 0 Å². The van der Waals surface area contributed by atoms with Gasteiger partial charge in [0.2, 0.25) is 0 Å². The lowest BCUT2D eigenvalue weighted by molar-refractivity contribution is -0.384. The Kier molecular flexibility index (Phi) is 3.37. The Hall–Kier alpha value is -2.73. The number of nitro benzene ring substituents is 1. The van der Waals surface area contributed by atoms with E-state index in [9.17, 15) is 15.2 Å². The minimum atomic E-state index is -0.747. The van der Waals surface area contributed by atoms with E-state index >= 15 is 0 Å². The van der Waals surface area contributed by atoms with Crippen LogP contribution in [0.25, 0.3) is 11.0 Å². The van der Waals surface area contributed by atoms with E-state index in [0.29, 0.717) is 12.1 Å². The fourth-order valence-electron chi connectivity index (χ4n) is 2.27. The standard InChI is InChI=1S/C15H13N3O3/c19-15(11-5-7-12(8-6-11)18(20)21)9-17-10-16-13-3-1-2-4-14(13)17/h1-8,10,15,19H,9H2/t15-/m0/s1. The number of nitro groups is 1. The van der Waals surface area contributed by atoms with Crippen LogP contribution in [0.4, 0.5) is 5.69 Å². The quantitative estimate of drug-likeness (QED) is 0.589. The molecule has 1 heterocycles. The Morgan fingerprint density at radius 3 is 2.62 bits per heavy atom. The van der Waals surface area contributed by atoms with Gasteiger partial charge in [-0.3, -0.25) is 10.1 Å². The zero-order valence-electron chi connectivity index (χ0n) is 11.1. The SMILES string of the molecule is O=[N+]([O-])c1ccc([C@@H](O)Cn2cnc3ccccc32)cc1. The molecule has 1 atom stereocenters. The molecule has 0 bridgehead atoms. The van der Waals surface area contributed by atoms with Gasteiger partial charge in [0, 0.05) is 12.1 Å². The van der Waals surface area contributed by atoms with Gasteiger partial charge in [-0.05, 0) is 29.8 Å². The number of aromatic nitrogens is 2. The molecule has 3 rings (SSSR count). The number of benzene rings is 2. The number of nitrogens with zero attached hydrogens (tertiary/aromatic N) is 3. The minimum Gasteiger partial charge on any atom is -0.387 e. The van der Waals surface area contributed by atoms with Crippen LogP contribution in [0.3, 0.4) is 0 Å². The number of rotatable bonds is 4. The third-order valence-electron chi connectivity index (χ3n) is 3.39. The first kappa shape index (κ1) is 13.3. The van der Waals surface area contributed by atoms with Gasteiger partial charge in [0.1, 0.15) is 0 Å². The first-order valence-corrected chi connectivity index (χ1v) is 6.47. The van der Waals surface area contributed by atoms with Crippen LogP contribution in [0.5, 0.6) is 0 Å². The second-order valence-electron chi connectivity index (χ2n) is 4.75. The first-order chi connectivity index (χ1) is 10.1. The van der Waals surface area contributed by atoms with E-state index in [-0.39, 0.29) is 5.69 Å². The summed E-state index contributed by atoms with van der Waals surface area (Å²) in [6, 6.07) is 13.6. The van der Waals surface area contributed by atoms with E-state index in [1.54, 1.807) is 18.5 Å². The Morgan fingerprint density at radius 1 is 1.19 bits per heavy atom. The molecule has 0 saturated heterocycles. The van der Waals surface area contributed by atoms with Gasteiger partial charge in [-0.15, -0.1) is 0 Å². The zero-order chi connectivity index (χ0) is 14.8. The highest BCUT2D eigenvalue weighted by Gasteiger charge is 2.12. The molecule has 0 aliphatic rings. The summed E-state index contributed by atoms with van der Waals surface area (Å²) < 4.78 is 1.86. The van der Waals surface area contributed by atoms with Gasteiger partial charge < -0.3 is 9.67 Å². The van der Waals surface area contributed by atoms with E-state index in [1.807, 2.05) is 28.8 Å². The molecule has 0 spiro atoms. The van der Waals surface area contributed by atoms with Crippen molar-refractivity contribution in [3.8, 4) is 0 Å². The molecule has 0 aliphatic heterocycles. The molecule has 3 aromatic rings. The monoisotopic (exact) mass is 283 g/mol. The van der Waals surface area contributed by atoms with Crippen LogP contribution in [-0.2, 0) is 6.54 Å². The number of non-ortho nitro benzene ring substituents is 1. The van der Waals surface area contributed by atoms with Gasteiger partial charge in [0.15, 0.2) is 0 Å². The van der Waals surface area contributed by atoms with Crippen LogP contribution in [0.1, 0.15) is 11.7 Å². The molecule has 0 aliphatic carbocycles. The van der Waals surface area contributed by atoms with Crippen molar-refractivity contribution in [1.82, 2.24) is 9.55 Å². The van der Waals surface area contributed by atoms with E-state index < -0.39 is 11.0 Å². The molecule has 106 valence electrons. The summed E-state index contributed by atoms with van der Waals surface area (Å²) in [6.45, 7) is 0.346. The summed E-state index contributed by atoms with van der Waals surface area (Å²) >= 11 is 0. The van der Waals surface area contributed by atoms with Gasteiger partial charge in [-0.2, -0.15) is 0 Å². The van der Waals surface area contributed by atoms with Crippen LogP contribution in [0, 0.1) is 10.1 Å². The van der Waals surface area contributed by atoms with Crippen molar-refractivity contribution in [3.05, 3.63) is 70.5 Å². The van der Waals surface area contributed by atoms with E-state index in [0.717, 1.165) is 11.0 Å². The molecule has 1 N–H and O–H groups in total. The maximum Gasteiger partial charge on any atom is 0.269 e. The predicted octanol–water partition coefficient (Wildman–Crippen LogP) is 2.68. The molecule has 0 unspecified atom stereocenters. The van der Waals surface area contributed by atoms with Crippen molar-refractivity contribution >= 4 is 16.7 Å². The topological polar surface area (TPSA) is 81.2 Å². The second-order valence-corrected chi connectivity index (χ2v) is 4.75. The number of aliphatic hydroxyl groups is 1. The van der Waals surface area contributed by atoms with Crippen LogP contribution in [-0.4, -0.2) is 19.6 Å². The van der Waals surface area contributed by atoms with Crippen molar-refractivity contribution in [3.63, 3.8) is 0 Å². The minimum absolute atomic E-state index is 0.0130. The molecule has 0 saturated carbocycles. The Labute approximate surface area is 120 Å². The van der Waals surface area contributed by atoms with E-state index in [1.165, 1.54) is 12.1 Å². The van der Waals surface area contributed by atoms with Crippen molar-refractivity contribution in [1.29, 1.82) is 0 Å². The zero-order valence-corrected chi connectivity index (χ0v) is 11.1. The van der Waals surface area contributed by atoms with Crippen LogP contribution in [0.15, 0.2) is 54.9 Å². The maximum atomic E-state index is 10.6. The molecule has 6 nitrogen and oxygen atoms in total. The first-order valence-electron chi connectivity index (χ1n) is 6.47. The Balaban J connectivity index is 1.82. The number of imidazole rings is 1. The van der Waals surface area contributed by atoms with Gasteiger partial charge in [-0.25, -0.2) is 4.98 Å². The summed E-state index contributed by atoms with van der Waals surface area (Å²) in [5, 5.41) is 20.9. The van der Waals surface area contributed by atoms with Gasteiger partial charge in [0.05, 0.1) is 34.9 Å². The van der Waals surface area contributed by atoms with Gasteiger partial charge in [-0.1, -0.05) is 12.1 Å². The molecule has 0 amide bonds. The molecule has 0 fully saturated rings. The lowest BCUT2D eigenvalue weighted by atomic mass is 10.1. The average Bonchev–Trinajstić information content (AvgIpc) is 2.91. The highest BCUT2D eigenvalue weighted by atomic mass is 16.6. The normalized spacial score (nSPS) is 12.4.